The summed E-state index contributed by atoms with van der Waals surface area (Å²) in [6.45, 7) is 9.07. The lowest BCUT2D eigenvalue weighted by Crippen LogP contribution is -2.13. The van der Waals surface area contributed by atoms with E-state index in [4.69, 9.17) is 9.47 Å². The van der Waals surface area contributed by atoms with E-state index in [1.165, 1.54) is 12.7 Å². The van der Waals surface area contributed by atoms with E-state index in [2.05, 4.69) is 13.5 Å². The molecule has 0 radical (unpaired) electrons. The first-order chi connectivity index (χ1) is 5.31. The smallest absolute Gasteiger partial charge is 0.118 e. The molecule has 1 unspecified atom stereocenters. The molecule has 0 heterocycles. The lowest BCUT2D eigenvalue weighted by Gasteiger charge is -2.10. The number of hydrogen-bond acceptors (Lipinski definition) is 2. The minimum Gasteiger partial charge on any atom is -0.497 e. The van der Waals surface area contributed by atoms with Gasteiger partial charge in [-0.05, 0) is 13.3 Å². The fourth-order valence-electron chi connectivity index (χ4n) is 0.699. The third-order valence-electron chi connectivity index (χ3n) is 1.32. The molecule has 0 bridgehead atoms. The summed E-state index contributed by atoms with van der Waals surface area (Å²) in [6.07, 6.45) is 3.88. The molecular weight excluding hydrogens is 140 g/mol. The Balaban J connectivity index is 3.03. The normalized spacial score (nSPS) is 12.5. The predicted octanol–water partition coefficient (Wildman–Crippen LogP) is 2.35. The van der Waals surface area contributed by atoms with E-state index in [9.17, 15) is 0 Å². The SMILES string of the molecule is C=COC(C)COCCCC. The van der Waals surface area contributed by atoms with Crippen LogP contribution in [0, 0.1) is 0 Å². The summed E-state index contributed by atoms with van der Waals surface area (Å²) in [5, 5.41) is 0. The largest absolute Gasteiger partial charge is 0.497 e. The zero-order valence-corrected chi connectivity index (χ0v) is 7.51. The van der Waals surface area contributed by atoms with Crippen molar-refractivity contribution in [2.75, 3.05) is 13.2 Å². The van der Waals surface area contributed by atoms with E-state index >= 15 is 0 Å². The van der Waals surface area contributed by atoms with Crippen LogP contribution in [-0.4, -0.2) is 19.3 Å². The molecule has 0 aromatic heterocycles. The Morgan fingerprint density at radius 3 is 2.82 bits per heavy atom. The maximum atomic E-state index is 5.32. The summed E-state index contributed by atoms with van der Waals surface area (Å²) in [7, 11) is 0. The molecule has 0 aromatic carbocycles. The fourth-order valence-corrected chi connectivity index (χ4v) is 0.699. The summed E-state index contributed by atoms with van der Waals surface area (Å²) in [6, 6.07) is 0. The van der Waals surface area contributed by atoms with E-state index < -0.39 is 0 Å². The van der Waals surface area contributed by atoms with Crippen molar-refractivity contribution in [2.24, 2.45) is 0 Å². The molecular formula is C9H18O2. The van der Waals surface area contributed by atoms with Crippen molar-refractivity contribution >= 4 is 0 Å². The van der Waals surface area contributed by atoms with Gasteiger partial charge >= 0.3 is 0 Å². The minimum absolute atomic E-state index is 0.129. The van der Waals surface area contributed by atoms with Crippen LogP contribution in [0.3, 0.4) is 0 Å². The van der Waals surface area contributed by atoms with Crippen molar-refractivity contribution in [3.8, 4) is 0 Å². The topological polar surface area (TPSA) is 18.5 Å². The summed E-state index contributed by atoms with van der Waals surface area (Å²) in [4.78, 5) is 0. The van der Waals surface area contributed by atoms with Crippen LogP contribution in [0.2, 0.25) is 0 Å². The molecule has 0 amide bonds. The van der Waals surface area contributed by atoms with Gasteiger partial charge in [0.2, 0.25) is 0 Å². The van der Waals surface area contributed by atoms with Gasteiger partial charge in [-0.25, -0.2) is 0 Å². The van der Waals surface area contributed by atoms with Gasteiger partial charge in [0.25, 0.3) is 0 Å². The second-order valence-corrected chi connectivity index (χ2v) is 2.54. The van der Waals surface area contributed by atoms with Crippen LogP contribution in [0.25, 0.3) is 0 Å². The molecule has 0 saturated heterocycles. The molecule has 66 valence electrons. The summed E-state index contributed by atoms with van der Waals surface area (Å²) in [5.41, 5.74) is 0. The van der Waals surface area contributed by atoms with Gasteiger partial charge in [0, 0.05) is 6.61 Å². The number of unbranched alkanes of at least 4 members (excludes halogenated alkanes) is 1. The van der Waals surface area contributed by atoms with Crippen molar-refractivity contribution < 1.29 is 9.47 Å². The van der Waals surface area contributed by atoms with E-state index in [0.717, 1.165) is 13.0 Å². The van der Waals surface area contributed by atoms with Gasteiger partial charge in [0.05, 0.1) is 12.9 Å². The van der Waals surface area contributed by atoms with Gasteiger partial charge in [0.15, 0.2) is 0 Å². The van der Waals surface area contributed by atoms with Gasteiger partial charge in [-0.1, -0.05) is 19.9 Å². The Morgan fingerprint density at radius 1 is 1.55 bits per heavy atom. The highest BCUT2D eigenvalue weighted by Crippen LogP contribution is 1.94. The number of ether oxygens (including phenoxy) is 2. The average molecular weight is 158 g/mol. The van der Waals surface area contributed by atoms with Gasteiger partial charge in [0.1, 0.15) is 6.10 Å². The summed E-state index contributed by atoms with van der Waals surface area (Å²) >= 11 is 0. The molecule has 11 heavy (non-hydrogen) atoms. The quantitative estimate of drug-likeness (QED) is 0.418. The lowest BCUT2D eigenvalue weighted by molar-refractivity contribution is 0.0360. The predicted molar refractivity (Wildman–Crippen MR) is 46.5 cm³/mol. The molecule has 0 fully saturated rings. The molecule has 0 rings (SSSR count). The Labute approximate surface area is 69.2 Å². The zero-order chi connectivity index (χ0) is 8.53. The third kappa shape index (κ3) is 7.40. The third-order valence-corrected chi connectivity index (χ3v) is 1.32. The van der Waals surface area contributed by atoms with E-state index in [0.29, 0.717) is 6.61 Å². The fraction of sp³-hybridized carbons (Fsp3) is 0.778. The highest BCUT2D eigenvalue weighted by atomic mass is 16.5. The van der Waals surface area contributed by atoms with Crippen LogP contribution in [-0.2, 0) is 9.47 Å². The molecule has 0 spiro atoms. The highest BCUT2D eigenvalue weighted by Gasteiger charge is 1.98. The highest BCUT2D eigenvalue weighted by molar-refractivity contribution is 4.55. The van der Waals surface area contributed by atoms with Crippen molar-refractivity contribution in [3.05, 3.63) is 12.8 Å². The molecule has 0 aliphatic rings. The molecule has 2 nitrogen and oxygen atoms in total. The maximum absolute atomic E-state index is 5.32. The zero-order valence-electron chi connectivity index (χ0n) is 7.51. The molecule has 0 saturated carbocycles. The Bertz CT molecular complexity index is 91.6. The van der Waals surface area contributed by atoms with E-state index in [-0.39, 0.29) is 6.10 Å². The Kier molecular flexibility index (Phi) is 7.26. The molecule has 2 heteroatoms. The van der Waals surface area contributed by atoms with E-state index in [1.807, 2.05) is 6.92 Å². The van der Waals surface area contributed by atoms with Gasteiger partial charge in [-0.15, -0.1) is 0 Å². The number of hydrogen-bond donors (Lipinski definition) is 0. The molecule has 0 N–H and O–H groups in total. The van der Waals surface area contributed by atoms with Crippen LogP contribution >= 0.6 is 0 Å². The first-order valence-corrected chi connectivity index (χ1v) is 4.15. The second kappa shape index (κ2) is 7.61. The number of rotatable bonds is 7. The monoisotopic (exact) mass is 158 g/mol. The summed E-state index contributed by atoms with van der Waals surface area (Å²) < 4.78 is 10.4. The first kappa shape index (κ1) is 10.5. The molecule has 0 aliphatic heterocycles. The van der Waals surface area contributed by atoms with Crippen LogP contribution in [0.4, 0.5) is 0 Å². The second-order valence-electron chi connectivity index (χ2n) is 2.54. The lowest BCUT2D eigenvalue weighted by atomic mass is 10.3. The average Bonchev–Trinajstić information content (AvgIpc) is 1.99. The van der Waals surface area contributed by atoms with Gasteiger partial charge < -0.3 is 9.47 Å². The van der Waals surface area contributed by atoms with Gasteiger partial charge in [-0.2, -0.15) is 0 Å². The van der Waals surface area contributed by atoms with Crippen molar-refractivity contribution in [2.45, 2.75) is 32.8 Å². The molecule has 0 aromatic rings. The van der Waals surface area contributed by atoms with Crippen LogP contribution in [0.5, 0.6) is 0 Å². The Hall–Kier alpha value is -0.500. The van der Waals surface area contributed by atoms with Crippen molar-refractivity contribution in [1.82, 2.24) is 0 Å². The molecule has 1 atom stereocenters. The maximum Gasteiger partial charge on any atom is 0.118 e. The van der Waals surface area contributed by atoms with Crippen LogP contribution in [0.1, 0.15) is 26.7 Å². The van der Waals surface area contributed by atoms with Crippen LogP contribution < -0.4 is 0 Å². The van der Waals surface area contributed by atoms with Crippen molar-refractivity contribution in [1.29, 1.82) is 0 Å². The summed E-state index contributed by atoms with van der Waals surface area (Å²) in [5.74, 6) is 0. The minimum atomic E-state index is 0.129. The Morgan fingerprint density at radius 2 is 2.27 bits per heavy atom. The molecule has 0 aliphatic carbocycles. The van der Waals surface area contributed by atoms with Crippen molar-refractivity contribution in [3.63, 3.8) is 0 Å². The standard InChI is InChI=1S/C9H18O2/c1-4-6-7-10-8-9(3)11-5-2/h5,9H,2,4,6-8H2,1,3H3. The van der Waals surface area contributed by atoms with Crippen LogP contribution in [0.15, 0.2) is 12.8 Å². The van der Waals surface area contributed by atoms with Gasteiger partial charge in [-0.3, -0.25) is 0 Å². The van der Waals surface area contributed by atoms with E-state index in [1.54, 1.807) is 0 Å². The first-order valence-electron chi connectivity index (χ1n) is 4.15.